The first kappa shape index (κ1) is 17.0. The molecule has 1 heterocycles. The number of hydrogen-bond acceptors (Lipinski definition) is 3. The van der Waals surface area contributed by atoms with Gasteiger partial charge >= 0.3 is 0 Å². The largest absolute Gasteiger partial charge is 0.493 e. The number of amides is 1. The molecule has 130 valence electrons. The molecule has 1 amide bonds. The van der Waals surface area contributed by atoms with Crippen LogP contribution in [0.2, 0.25) is 0 Å². The third kappa shape index (κ3) is 3.99. The van der Waals surface area contributed by atoms with Crippen molar-refractivity contribution in [1.29, 1.82) is 0 Å². The van der Waals surface area contributed by atoms with Crippen LogP contribution >= 0.6 is 0 Å². The summed E-state index contributed by atoms with van der Waals surface area (Å²) in [6.45, 7) is 2.11. The number of furan rings is 1. The van der Waals surface area contributed by atoms with Gasteiger partial charge in [-0.15, -0.1) is 0 Å². The van der Waals surface area contributed by atoms with E-state index in [2.05, 4.69) is 0 Å². The number of para-hydroxylation sites is 1. The summed E-state index contributed by atoms with van der Waals surface area (Å²) in [6, 6.07) is 15.4. The van der Waals surface area contributed by atoms with Crippen molar-refractivity contribution in [2.75, 3.05) is 13.7 Å². The van der Waals surface area contributed by atoms with Gasteiger partial charge in [0.15, 0.2) is 0 Å². The standard InChI is InChI=1S/C20H20FNO3/c1-14(19-12-15-6-3-4-9-18(15)25-19)22(2)20(23)10-11-24-17-8-5-7-16(21)13-17/h3-9,12-14H,10-11H2,1-2H3. The number of fused-ring (bicyclic) bond motifs is 1. The molecule has 0 radical (unpaired) electrons. The third-order valence-corrected chi connectivity index (χ3v) is 4.21. The SMILES string of the molecule is CC(c1cc2ccccc2o1)N(C)C(=O)CCOc1cccc(F)c1. The van der Waals surface area contributed by atoms with Gasteiger partial charge in [0.1, 0.15) is 22.9 Å². The van der Waals surface area contributed by atoms with Crippen LogP contribution in [0.4, 0.5) is 4.39 Å². The van der Waals surface area contributed by atoms with Gasteiger partial charge in [-0.3, -0.25) is 4.79 Å². The van der Waals surface area contributed by atoms with Crippen LogP contribution in [0.1, 0.15) is 25.1 Å². The van der Waals surface area contributed by atoms with Gasteiger partial charge < -0.3 is 14.1 Å². The van der Waals surface area contributed by atoms with Gasteiger partial charge in [-0.25, -0.2) is 4.39 Å². The van der Waals surface area contributed by atoms with Crippen LogP contribution in [0.15, 0.2) is 59.0 Å². The van der Waals surface area contributed by atoms with Crippen LogP contribution in [-0.4, -0.2) is 24.5 Å². The monoisotopic (exact) mass is 341 g/mol. The molecule has 1 unspecified atom stereocenters. The Balaban J connectivity index is 1.57. The predicted octanol–water partition coefficient (Wildman–Crippen LogP) is 4.56. The molecule has 0 saturated carbocycles. The van der Waals surface area contributed by atoms with Crippen molar-refractivity contribution in [2.45, 2.75) is 19.4 Å². The van der Waals surface area contributed by atoms with E-state index in [1.807, 2.05) is 37.3 Å². The predicted molar refractivity (Wildman–Crippen MR) is 93.9 cm³/mol. The Kier molecular flexibility index (Phi) is 5.03. The summed E-state index contributed by atoms with van der Waals surface area (Å²) in [4.78, 5) is 14.0. The van der Waals surface area contributed by atoms with Crippen molar-refractivity contribution in [1.82, 2.24) is 4.90 Å². The second-order valence-electron chi connectivity index (χ2n) is 5.92. The molecule has 3 rings (SSSR count). The minimum atomic E-state index is -0.362. The summed E-state index contributed by atoms with van der Waals surface area (Å²) >= 11 is 0. The van der Waals surface area contributed by atoms with Crippen LogP contribution in [0.3, 0.4) is 0 Å². The van der Waals surface area contributed by atoms with E-state index < -0.39 is 0 Å². The lowest BCUT2D eigenvalue weighted by molar-refractivity contribution is -0.132. The van der Waals surface area contributed by atoms with E-state index in [1.54, 1.807) is 24.1 Å². The highest BCUT2D eigenvalue weighted by molar-refractivity contribution is 5.79. The Morgan fingerprint density at radius 2 is 2.00 bits per heavy atom. The first-order valence-electron chi connectivity index (χ1n) is 8.17. The molecule has 0 bridgehead atoms. The van der Waals surface area contributed by atoms with E-state index in [1.165, 1.54) is 12.1 Å². The fourth-order valence-electron chi connectivity index (χ4n) is 2.60. The zero-order valence-electron chi connectivity index (χ0n) is 14.2. The summed E-state index contributed by atoms with van der Waals surface area (Å²) in [6.07, 6.45) is 0.206. The van der Waals surface area contributed by atoms with E-state index >= 15 is 0 Å². The van der Waals surface area contributed by atoms with Crippen LogP contribution in [0, 0.1) is 5.82 Å². The van der Waals surface area contributed by atoms with Crippen molar-refractivity contribution in [3.05, 3.63) is 66.2 Å². The lowest BCUT2D eigenvalue weighted by Gasteiger charge is -2.23. The van der Waals surface area contributed by atoms with Crippen molar-refractivity contribution < 1.29 is 18.3 Å². The summed E-state index contributed by atoms with van der Waals surface area (Å²) in [5, 5.41) is 1.01. The van der Waals surface area contributed by atoms with E-state index in [-0.39, 0.29) is 30.8 Å². The molecule has 2 aromatic carbocycles. The molecule has 4 nitrogen and oxygen atoms in total. The highest BCUT2D eigenvalue weighted by Crippen LogP contribution is 2.27. The molecule has 0 saturated heterocycles. The highest BCUT2D eigenvalue weighted by atomic mass is 19.1. The zero-order valence-corrected chi connectivity index (χ0v) is 14.2. The Morgan fingerprint density at radius 3 is 2.76 bits per heavy atom. The number of ether oxygens (including phenoxy) is 1. The lowest BCUT2D eigenvalue weighted by Crippen LogP contribution is -2.30. The summed E-state index contributed by atoms with van der Waals surface area (Å²) in [5.74, 6) is 0.729. The molecule has 25 heavy (non-hydrogen) atoms. The number of carbonyl (C=O) groups is 1. The number of hydrogen-bond donors (Lipinski definition) is 0. The molecule has 0 spiro atoms. The van der Waals surface area contributed by atoms with Crippen LogP contribution in [0.25, 0.3) is 11.0 Å². The van der Waals surface area contributed by atoms with Gasteiger partial charge in [0, 0.05) is 18.5 Å². The number of halogens is 1. The Bertz CT molecular complexity index is 841. The molecule has 0 fully saturated rings. The van der Waals surface area contributed by atoms with E-state index in [0.717, 1.165) is 16.7 Å². The first-order valence-corrected chi connectivity index (χ1v) is 8.17. The maximum absolute atomic E-state index is 13.1. The van der Waals surface area contributed by atoms with Gasteiger partial charge in [-0.2, -0.15) is 0 Å². The highest BCUT2D eigenvalue weighted by Gasteiger charge is 2.20. The second kappa shape index (κ2) is 7.38. The van der Waals surface area contributed by atoms with Crippen LogP contribution in [-0.2, 0) is 4.79 Å². The van der Waals surface area contributed by atoms with Crippen molar-refractivity contribution in [3.8, 4) is 5.75 Å². The Labute approximate surface area is 145 Å². The molecule has 1 atom stereocenters. The summed E-state index contributed by atoms with van der Waals surface area (Å²) in [7, 11) is 1.74. The smallest absolute Gasteiger partial charge is 0.226 e. The molecule has 1 aromatic heterocycles. The normalized spacial score (nSPS) is 12.1. The van der Waals surface area contributed by atoms with E-state index in [0.29, 0.717) is 5.75 Å². The molecule has 0 N–H and O–H groups in total. The van der Waals surface area contributed by atoms with Gasteiger partial charge in [0.25, 0.3) is 0 Å². The molecule has 0 aliphatic rings. The minimum Gasteiger partial charge on any atom is -0.493 e. The van der Waals surface area contributed by atoms with Crippen molar-refractivity contribution in [2.24, 2.45) is 0 Å². The molecule has 0 aliphatic carbocycles. The zero-order chi connectivity index (χ0) is 17.8. The number of rotatable bonds is 6. The van der Waals surface area contributed by atoms with Gasteiger partial charge in [0.2, 0.25) is 5.91 Å². The topological polar surface area (TPSA) is 42.7 Å². The van der Waals surface area contributed by atoms with Crippen molar-refractivity contribution >= 4 is 16.9 Å². The number of nitrogens with zero attached hydrogens (tertiary/aromatic N) is 1. The Hall–Kier alpha value is -2.82. The van der Waals surface area contributed by atoms with E-state index in [4.69, 9.17) is 9.15 Å². The maximum Gasteiger partial charge on any atom is 0.226 e. The molecular formula is C20H20FNO3. The van der Waals surface area contributed by atoms with Crippen molar-refractivity contribution in [3.63, 3.8) is 0 Å². The van der Waals surface area contributed by atoms with Gasteiger partial charge in [0.05, 0.1) is 19.1 Å². The minimum absolute atomic E-state index is 0.0654. The summed E-state index contributed by atoms with van der Waals surface area (Å²) in [5.41, 5.74) is 0.805. The average molecular weight is 341 g/mol. The number of benzene rings is 2. The number of carbonyl (C=O) groups excluding carboxylic acids is 1. The molecule has 5 heteroatoms. The first-order chi connectivity index (χ1) is 12.0. The van der Waals surface area contributed by atoms with Crippen LogP contribution in [0.5, 0.6) is 5.75 Å². The van der Waals surface area contributed by atoms with E-state index in [9.17, 15) is 9.18 Å². The maximum atomic E-state index is 13.1. The Morgan fingerprint density at radius 1 is 1.20 bits per heavy atom. The van der Waals surface area contributed by atoms with Crippen LogP contribution < -0.4 is 4.74 Å². The lowest BCUT2D eigenvalue weighted by atomic mass is 10.2. The fourth-order valence-corrected chi connectivity index (χ4v) is 2.60. The van der Waals surface area contributed by atoms with Gasteiger partial charge in [-0.05, 0) is 31.2 Å². The summed E-state index contributed by atoms with van der Waals surface area (Å²) < 4.78 is 24.3. The quantitative estimate of drug-likeness (QED) is 0.660. The van der Waals surface area contributed by atoms with Gasteiger partial charge in [-0.1, -0.05) is 24.3 Å². The molecular weight excluding hydrogens is 321 g/mol. The average Bonchev–Trinajstić information content (AvgIpc) is 3.04. The molecule has 3 aromatic rings. The molecule has 0 aliphatic heterocycles. The third-order valence-electron chi connectivity index (χ3n) is 4.21. The second-order valence-corrected chi connectivity index (χ2v) is 5.92. The fraction of sp³-hybridized carbons (Fsp3) is 0.250.